The van der Waals surface area contributed by atoms with E-state index in [9.17, 15) is 9.59 Å². The minimum absolute atomic E-state index is 0.0546. The number of ether oxygens (including phenoxy) is 1. The Labute approximate surface area is 107 Å². The van der Waals surface area contributed by atoms with Gasteiger partial charge in [0.2, 0.25) is 0 Å². The molecule has 1 fully saturated rings. The van der Waals surface area contributed by atoms with Crippen molar-refractivity contribution in [3.63, 3.8) is 0 Å². The molecule has 1 aromatic rings. The van der Waals surface area contributed by atoms with Crippen molar-refractivity contribution < 1.29 is 14.3 Å². The Hall–Kier alpha value is -1.64. The van der Waals surface area contributed by atoms with E-state index in [1.54, 1.807) is 12.1 Å². The highest BCUT2D eigenvalue weighted by Gasteiger charge is 2.26. The predicted molar refractivity (Wildman–Crippen MR) is 68.6 cm³/mol. The summed E-state index contributed by atoms with van der Waals surface area (Å²) in [6.45, 7) is 3.88. The van der Waals surface area contributed by atoms with Gasteiger partial charge in [0.25, 0.3) is 0 Å². The highest BCUT2D eigenvalue weighted by molar-refractivity contribution is 5.93. The summed E-state index contributed by atoms with van der Waals surface area (Å²) in [7, 11) is 0. The molecule has 0 spiro atoms. The fraction of sp³-hybridized carbons (Fsp3) is 0.467. The molecule has 0 radical (unpaired) electrons. The molecule has 0 aliphatic heterocycles. The number of aryl methyl sites for hydroxylation is 2. The van der Waals surface area contributed by atoms with Crippen molar-refractivity contribution in [1.29, 1.82) is 0 Å². The van der Waals surface area contributed by atoms with Crippen LogP contribution in [0, 0.1) is 13.8 Å². The van der Waals surface area contributed by atoms with Gasteiger partial charge in [-0.05, 0) is 45.2 Å². The molecule has 0 saturated heterocycles. The Balaban J connectivity index is 2.09. The number of hydrogen-bond donors (Lipinski definition) is 0. The van der Waals surface area contributed by atoms with Crippen LogP contribution in [0.5, 0.6) is 0 Å². The smallest absolute Gasteiger partial charge is 0.338 e. The maximum Gasteiger partial charge on any atom is 0.338 e. The largest absolute Gasteiger partial charge is 0.451 e. The maximum atomic E-state index is 12.0. The molecule has 0 amide bonds. The summed E-state index contributed by atoms with van der Waals surface area (Å²) >= 11 is 0. The Bertz CT molecular complexity index is 456. The molecule has 3 nitrogen and oxygen atoms in total. The van der Waals surface area contributed by atoms with Crippen LogP contribution in [0.25, 0.3) is 0 Å². The summed E-state index contributed by atoms with van der Waals surface area (Å²) < 4.78 is 5.31. The van der Waals surface area contributed by atoms with Crippen LogP contribution < -0.4 is 0 Å². The zero-order valence-electron chi connectivity index (χ0n) is 10.9. The van der Waals surface area contributed by atoms with Crippen LogP contribution in [0.4, 0.5) is 0 Å². The zero-order valence-corrected chi connectivity index (χ0v) is 10.9. The van der Waals surface area contributed by atoms with Crippen LogP contribution in [-0.2, 0) is 9.53 Å². The van der Waals surface area contributed by atoms with Gasteiger partial charge in [-0.25, -0.2) is 4.79 Å². The minimum atomic E-state index is -0.535. The lowest BCUT2D eigenvalue weighted by Gasteiger charge is -2.20. The Morgan fingerprint density at radius 2 is 1.83 bits per heavy atom. The average molecular weight is 246 g/mol. The van der Waals surface area contributed by atoms with Gasteiger partial charge in [0.15, 0.2) is 11.9 Å². The second-order valence-electron chi connectivity index (χ2n) is 4.98. The Morgan fingerprint density at radius 1 is 1.17 bits per heavy atom. The lowest BCUT2D eigenvalue weighted by atomic mass is 9.96. The van der Waals surface area contributed by atoms with E-state index in [1.165, 1.54) is 0 Å². The van der Waals surface area contributed by atoms with Crippen LogP contribution in [0.2, 0.25) is 0 Å². The van der Waals surface area contributed by atoms with Gasteiger partial charge in [-0.15, -0.1) is 0 Å². The third-order valence-corrected chi connectivity index (χ3v) is 3.21. The molecule has 1 aliphatic rings. The normalized spacial score (nSPS) is 19.7. The molecule has 0 N–H and O–H groups in total. The van der Waals surface area contributed by atoms with E-state index in [0.717, 1.165) is 24.0 Å². The predicted octanol–water partition coefficient (Wildman–Crippen LogP) is 2.97. The van der Waals surface area contributed by atoms with Crippen molar-refractivity contribution in [3.05, 3.63) is 34.9 Å². The highest BCUT2D eigenvalue weighted by atomic mass is 16.5. The van der Waals surface area contributed by atoms with Gasteiger partial charge in [0.1, 0.15) is 0 Å². The standard InChI is InChI=1S/C15H18O3/c1-10-7-11(2)9-12(8-10)15(17)18-14-6-4-3-5-13(14)16/h7-9,14H,3-6H2,1-2H3. The number of Topliss-reactive ketones (excluding diaryl/α,β-unsaturated/α-hetero) is 1. The third-order valence-electron chi connectivity index (χ3n) is 3.21. The molecule has 3 heteroatoms. The molecule has 1 saturated carbocycles. The Kier molecular flexibility index (Phi) is 3.80. The number of carbonyl (C=O) groups excluding carboxylic acids is 2. The first-order valence-corrected chi connectivity index (χ1v) is 6.38. The third kappa shape index (κ3) is 2.97. The van der Waals surface area contributed by atoms with E-state index in [-0.39, 0.29) is 11.8 Å². The number of hydrogen-bond acceptors (Lipinski definition) is 3. The van der Waals surface area contributed by atoms with Gasteiger partial charge >= 0.3 is 5.97 Å². The summed E-state index contributed by atoms with van der Waals surface area (Å²) in [5.41, 5.74) is 2.58. The van der Waals surface area contributed by atoms with Crippen molar-refractivity contribution in [2.75, 3.05) is 0 Å². The highest BCUT2D eigenvalue weighted by Crippen LogP contribution is 2.19. The molecule has 1 unspecified atom stereocenters. The van der Waals surface area contributed by atoms with Gasteiger partial charge in [-0.3, -0.25) is 4.79 Å². The van der Waals surface area contributed by atoms with Crippen molar-refractivity contribution >= 4 is 11.8 Å². The lowest BCUT2D eigenvalue weighted by molar-refractivity contribution is -0.129. The number of benzene rings is 1. The second kappa shape index (κ2) is 5.34. The van der Waals surface area contributed by atoms with Crippen molar-refractivity contribution in [1.82, 2.24) is 0 Å². The fourth-order valence-electron chi connectivity index (χ4n) is 2.37. The van der Waals surface area contributed by atoms with Crippen molar-refractivity contribution in [2.45, 2.75) is 45.6 Å². The van der Waals surface area contributed by atoms with E-state index >= 15 is 0 Å². The minimum Gasteiger partial charge on any atom is -0.451 e. The topological polar surface area (TPSA) is 43.4 Å². The molecule has 1 atom stereocenters. The van der Waals surface area contributed by atoms with Crippen LogP contribution in [0.15, 0.2) is 18.2 Å². The van der Waals surface area contributed by atoms with Gasteiger partial charge in [0.05, 0.1) is 5.56 Å². The van der Waals surface area contributed by atoms with E-state index in [2.05, 4.69) is 0 Å². The Morgan fingerprint density at radius 3 is 2.44 bits per heavy atom. The first-order valence-electron chi connectivity index (χ1n) is 6.38. The summed E-state index contributed by atoms with van der Waals surface area (Å²) in [6, 6.07) is 5.59. The van der Waals surface area contributed by atoms with Gasteiger partial charge in [-0.1, -0.05) is 17.2 Å². The maximum absolute atomic E-state index is 12.0. The number of ketones is 1. The molecule has 0 heterocycles. The van der Waals surface area contributed by atoms with Crippen LogP contribution in [0.3, 0.4) is 0 Å². The van der Waals surface area contributed by atoms with E-state index < -0.39 is 6.10 Å². The molecule has 2 rings (SSSR count). The van der Waals surface area contributed by atoms with E-state index in [1.807, 2.05) is 19.9 Å². The summed E-state index contributed by atoms with van der Waals surface area (Å²) in [4.78, 5) is 23.6. The summed E-state index contributed by atoms with van der Waals surface area (Å²) in [5, 5.41) is 0. The summed E-state index contributed by atoms with van der Waals surface area (Å²) in [5.74, 6) is -0.332. The van der Waals surface area contributed by atoms with Crippen LogP contribution in [-0.4, -0.2) is 17.9 Å². The summed E-state index contributed by atoms with van der Waals surface area (Å²) in [6.07, 6.45) is 2.53. The second-order valence-corrected chi connectivity index (χ2v) is 4.98. The monoisotopic (exact) mass is 246 g/mol. The first kappa shape index (κ1) is 12.8. The number of esters is 1. The van der Waals surface area contributed by atoms with Crippen molar-refractivity contribution in [2.24, 2.45) is 0 Å². The molecule has 18 heavy (non-hydrogen) atoms. The van der Waals surface area contributed by atoms with Gasteiger partial charge < -0.3 is 4.74 Å². The van der Waals surface area contributed by atoms with Crippen molar-refractivity contribution in [3.8, 4) is 0 Å². The molecular weight excluding hydrogens is 228 g/mol. The van der Waals surface area contributed by atoms with Gasteiger partial charge in [-0.2, -0.15) is 0 Å². The number of rotatable bonds is 2. The van der Waals surface area contributed by atoms with Crippen LogP contribution in [0.1, 0.15) is 47.2 Å². The lowest BCUT2D eigenvalue weighted by Crippen LogP contribution is -2.30. The molecular formula is C15H18O3. The van der Waals surface area contributed by atoms with Crippen LogP contribution >= 0.6 is 0 Å². The quantitative estimate of drug-likeness (QED) is 0.753. The average Bonchev–Trinajstić information content (AvgIpc) is 2.31. The molecule has 0 aromatic heterocycles. The van der Waals surface area contributed by atoms with Gasteiger partial charge in [0, 0.05) is 6.42 Å². The molecule has 0 bridgehead atoms. The molecule has 96 valence electrons. The fourth-order valence-corrected chi connectivity index (χ4v) is 2.37. The SMILES string of the molecule is Cc1cc(C)cc(C(=O)OC2CCCCC2=O)c1. The number of carbonyl (C=O) groups is 2. The molecule has 1 aromatic carbocycles. The molecule has 1 aliphatic carbocycles. The van der Waals surface area contributed by atoms with E-state index in [4.69, 9.17) is 4.74 Å². The van der Waals surface area contributed by atoms with E-state index in [0.29, 0.717) is 18.4 Å². The zero-order chi connectivity index (χ0) is 13.1. The first-order chi connectivity index (χ1) is 8.56.